The normalized spacial score (nSPS) is 10.3. The predicted molar refractivity (Wildman–Crippen MR) is 77.9 cm³/mol. The van der Waals surface area contributed by atoms with Crippen LogP contribution in [-0.2, 0) is 0 Å². The molecule has 0 aliphatic carbocycles. The van der Waals surface area contributed by atoms with Gasteiger partial charge in [0.2, 0.25) is 0 Å². The van der Waals surface area contributed by atoms with E-state index in [0.29, 0.717) is 15.7 Å². The first-order valence-electron chi connectivity index (χ1n) is 5.54. The lowest BCUT2D eigenvalue weighted by Crippen LogP contribution is -2.03. The first-order valence-corrected chi connectivity index (χ1v) is 6.29. The van der Waals surface area contributed by atoms with Crippen LogP contribution in [0.5, 0.6) is 0 Å². The van der Waals surface area contributed by atoms with Gasteiger partial charge in [0.15, 0.2) is 0 Å². The minimum absolute atomic E-state index is 0.117. The summed E-state index contributed by atoms with van der Waals surface area (Å²) in [6.45, 7) is 1.86. The van der Waals surface area contributed by atoms with Crippen molar-refractivity contribution in [2.75, 3.05) is 5.32 Å². The Hall–Kier alpha value is -1.71. The molecule has 0 aromatic heterocycles. The van der Waals surface area contributed by atoms with Gasteiger partial charge in [0.25, 0.3) is 0 Å². The molecule has 0 saturated heterocycles. The first kappa shape index (κ1) is 13.7. The molecule has 2 aromatic carbocycles. The van der Waals surface area contributed by atoms with Crippen molar-refractivity contribution < 1.29 is 9.90 Å². The van der Waals surface area contributed by atoms with E-state index in [1.54, 1.807) is 24.3 Å². The maximum absolute atomic E-state index is 11.2. The number of benzene rings is 2. The van der Waals surface area contributed by atoms with Crippen molar-refractivity contribution in [3.63, 3.8) is 0 Å². The van der Waals surface area contributed by atoms with Crippen LogP contribution >= 0.6 is 23.2 Å². The van der Waals surface area contributed by atoms with Crippen molar-refractivity contribution in [3.05, 3.63) is 57.6 Å². The zero-order chi connectivity index (χ0) is 14.0. The van der Waals surface area contributed by atoms with E-state index in [2.05, 4.69) is 5.32 Å². The van der Waals surface area contributed by atoms with Crippen molar-refractivity contribution in [2.45, 2.75) is 6.92 Å². The van der Waals surface area contributed by atoms with Crippen LogP contribution in [0.25, 0.3) is 0 Å². The molecule has 0 atom stereocenters. The zero-order valence-electron chi connectivity index (χ0n) is 10.1. The lowest BCUT2D eigenvalue weighted by Gasteiger charge is -2.13. The highest BCUT2D eigenvalue weighted by Gasteiger charge is 2.12. The largest absolute Gasteiger partial charge is 0.478 e. The van der Waals surface area contributed by atoms with Gasteiger partial charge in [-0.1, -0.05) is 29.3 Å². The molecule has 3 nitrogen and oxygen atoms in total. The predicted octanol–water partition coefficient (Wildman–Crippen LogP) is 4.74. The number of carboxylic acids is 1. The second-order valence-corrected chi connectivity index (χ2v) is 4.88. The minimum atomic E-state index is -1.04. The minimum Gasteiger partial charge on any atom is -0.478 e. The number of halogens is 2. The van der Waals surface area contributed by atoms with Gasteiger partial charge in [-0.2, -0.15) is 0 Å². The topological polar surface area (TPSA) is 49.3 Å². The van der Waals surface area contributed by atoms with E-state index in [9.17, 15) is 4.79 Å². The summed E-state index contributed by atoms with van der Waals surface area (Å²) in [6, 6.07) is 10.1. The number of aromatic carboxylic acids is 1. The Morgan fingerprint density at radius 1 is 1.16 bits per heavy atom. The lowest BCUT2D eigenvalue weighted by molar-refractivity contribution is 0.0698. The van der Waals surface area contributed by atoms with Crippen molar-refractivity contribution in [2.24, 2.45) is 0 Å². The molecule has 0 radical (unpaired) electrons. The Morgan fingerprint density at radius 2 is 1.89 bits per heavy atom. The SMILES string of the molecule is Cc1c(Cl)cccc1Nc1ccc(Cl)cc1C(=O)O. The molecule has 0 bridgehead atoms. The van der Waals surface area contributed by atoms with E-state index in [1.807, 2.05) is 13.0 Å². The summed E-state index contributed by atoms with van der Waals surface area (Å²) in [5.74, 6) is -1.04. The van der Waals surface area contributed by atoms with Gasteiger partial charge in [0, 0.05) is 15.7 Å². The van der Waals surface area contributed by atoms with Gasteiger partial charge >= 0.3 is 5.97 Å². The maximum atomic E-state index is 11.2. The standard InChI is InChI=1S/C14H11Cl2NO2/c1-8-11(16)3-2-4-12(8)17-13-6-5-9(15)7-10(13)14(18)19/h2-7,17H,1H3,(H,18,19). The van der Waals surface area contributed by atoms with Gasteiger partial charge < -0.3 is 10.4 Å². The average molecular weight is 296 g/mol. The molecule has 0 unspecified atom stereocenters. The van der Waals surface area contributed by atoms with E-state index < -0.39 is 5.97 Å². The third-order valence-corrected chi connectivity index (χ3v) is 3.39. The second kappa shape index (κ2) is 5.51. The number of anilines is 2. The lowest BCUT2D eigenvalue weighted by atomic mass is 10.1. The molecular weight excluding hydrogens is 285 g/mol. The summed E-state index contributed by atoms with van der Waals surface area (Å²) < 4.78 is 0. The summed E-state index contributed by atoms with van der Waals surface area (Å²) >= 11 is 11.8. The number of nitrogens with one attached hydrogen (secondary N) is 1. The summed E-state index contributed by atoms with van der Waals surface area (Å²) in [7, 11) is 0. The van der Waals surface area contributed by atoms with Gasteiger partial charge in [0.05, 0.1) is 11.3 Å². The quantitative estimate of drug-likeness (QED) is 0.859. The average Bonchev–Trinajstić information content (AvgIpc) is 2.36. The molecule has 0 aliphatic heterocycles. The van der Waals surface area contributed by atoms with Crippen LogP contribution in [0.4, 0.5) is 11.4 Å². The van der Waals surface area contributed by atoms with Crippen molar-refractivity contribution in [3.8, 4) is 0 Å². The van der Waals surface area contributed by atoms with Crippen molar-refractivity contribution in [1.82, 2.24) is 0 Å². The molecule has 0 amide bonds. The van der Waals surface area contributed by atoms with E-state index in [-0.39, 0.29) is 5.56 Å². The van der Waals surface area contributed by atoms with Crippen LogP contribution in [0.2, 0.25) is 10.0 Å². The molecule has 98 valence electrons. The molecule has 2 aromatic rings. The number of hydrogen-bond donors (Lipinski definition) is 2. The summed E-state index contributed by atoms with van der Waals surface area (Å²) in [4.78, 5) is 11.2. The fraction of sp³-hybridized carbons (Fsp3) is 0.0714. The molecule has 19 heavy (non-hydrogen) atoms. The fourth-order valence-electron chi connectivity index (χ4n) is 1.69. The molecule has 0 spiro atoms. The highest BCUT2D eigenvalue weighted by molar-refractivity contribution is 6.32. The van der Waals surface area contributed by atoms with Gasteiger partial charge in [-0.3, -0.25) is 0 Å². The summed E-state index contributed by atoms with van der Waals surface area (Å²) in [6.07, 6.45) is 0. The molecule has 0 fully saturated rings. The molecular formula is C14H11Cl2NO2. The maximum Gasteiger partial charge on any atom is 0.337 e. The van der Waals surface area contributed by atoms with Gasteiger partial charge in [-0.15, -0.1) is 0 Å². The van der Waals surface area contributed by atoms with Crippen LogP contribution in [0.15, 0.2) is 36.4 Å². The molecule has 0 saturated carbocycles. The van der Waals surface area contributed by atoms with E-state index in [0.717, 1.165) is 11.3 Å². The second-order valence-electron chi connectivity index (χ2n) is 4.03. The molecule has 0 aliphatic rings. The highest BCUT2D eigenvalue weighted by Crippen LogP contribution is 2.29. The van der Waals surface area contributed by atoms with Crippen molar-refractivity contribution >= 4 is 40.5 Å². The Labute approximate surface area is 120 Å². The Morgan fingerprint density at radius 3 is 2.58 bits per heavy atom. The van der Waals surface area contributed by atoms with Gasteiger partial charge in [-0.25, -0.2) is 4.79 Å². The summed E-state index contributed by atoms with van der Waals surface area (Å²) in [5.41, 5.74) is 2.21. The van der Waals surface area contributed by atoms with Gasteiger partial charge in [-0.05, 0) is 42.8 Å². The molecule has 0 heterocycles. The first-order chi connectivity index (χ1) is 8.99. The smallest absolute Gasteiger partial charge is 0.337 e. The highest BCUT2D eigenvalue weighted by atomic mass is 35.5. The summed E-state index contributed by atoms with van der Waals surface area (Å²) in [5, 5.41) is 13.2. The van der Waals surface area contributed by atoms with E-state index in [4.69, 9.17) is 28.3 Å². The van der Waals surface area contributed by atoms with Crippen LogP contribution in [0, 0.1) is 6.92 Å². The Bertz CT molecular complexity index is 641. The monoisotopic (exact) mass is 295 g/mol. The number of rotatable bonds is 3. The zero-order valence-corrected chi connectivity index (χ0v) is 11.6. The number of carboxylic acid groups (broad SMARTS) is 1. The van der Waals surface area contributed by atoms with E-state index >= 15 is 0 Å². The Balaban J connectivity index is 2.44. The number of hydrogen-bond acceptors (Lipinski definition) is 2. The van der Waals surface area contributed by atoms with Crippen LogP contribution in [0.1, 0.15) is 15.9 Å². The van der Waals surface area contributed by atoms with Gasteiger partial charge in [0.1, 0.15) is 0 Å². The third kappa shape index (κ3) is 3.00. The third-order valence-electron chi connectivity index (χ3n) is 2.75. The van der Waals surface area contributed by atoms with Crippen LogP contribution in [0.3, 0.4) is 0 Å². The number of carbonyl (C=O) groups is 1. The van der Waals surface area contributed by atoms with Crippen LogP contribution in [-0.4, -0.2) is 11.1 Å². The molecule has 2 N–H and O–H groups in total. The van der Waals surface area contributed by atoms with Crippen molar-refractivity contribution in [1.29, 1.82) is 0 Å². The Kier molecular flexibility index (Phi) is 3.98. The molecule has 2 rings (SSSR count). The van der Waals surface area contributed by atoms with E-state index in [1.165, 1.54) is 6.07 Å². The fourth-order valence-corrected chi connectivity index (χ4v) is 2.04. The van der Waals surface area contributed by atoms with Crippen LogP contribution < -0.4 is 5.32 Å². The molecule has 5 heteroatoms.